The van der Waals surface area contributed by atoms with Crippen molar-refractivity contribution in [2.45, 2.75) is 271 Å². The Morgan fingerprint density at radius 1 is 0.449 bits per heavy atom. The Bertz CT molecular complexity index is 2470. The number of cyclic esters (lactones) is 6. The molecule has 89 heavy (non-hydrogen) atoms. The lowest BCUT2D eigenvalue weighted by atomic mass is 9.88. The van der Waals surface area contributed by atoms with Crippen LogP contribution in [0.15, 0.2) is 0 Å². The minimum absolute atomic E-state index is 0.141. The molecule has 6 heterocycles. The molecule has 11 unspecified atom stereocenters. The first-order valence-corrected chi connectivity index (χ1v) is 31.2. The fourth-order valence-electron chi connectivity index (χ4n) is 7.52. The lowest BCUT2D eigenvalue weighted by Gasteiger charge is -2.27. The Balaban J connectivity index is 0.000000534. The highest BCUT2D eigenvalue weighted by Gasteiger charge is 2.50. The molecule has 0 aromatic rings. The van der Waals surface area contributed by atoms with Crippen LogP contribution in [0.4, 0.5) is 0 Å². The lowest BCUT2D eigenvalue weighted by Crippen LogP contribution is -2.40. The monoisotopic (exact) mass is 1270 g/mol. The van der Waals surface area contributed by atoms with Crippen molar-refractivity contribution in [3.05, 3.63) is 0 Å². The van der Waals surface area contributed by atoms with Crippen LogP contribution in [0.3, 0.4) is 0 Å². The van der Waals surface area contributed by atoms with Crippen molar-refractivity contribution in [3.8, 4) is 0 Å². The Hall–Kier alpha value is -6.36. The van der Waals surface area contributed by atoms with Crippen LogP contribution in [0.2, 0.25) is 0 Å². The summed E-state index contributed by atoms with van der Waals surface area (Å²) < 4.78 is 60.2. The van der Waals surface area contributed by atoms with Crippen LogP contribution in [0.5, 0.6) is 0 Å². The zero-order chi connectivity index (χ0) is 69.0. The molecule has 6 aliphatic heterocycles. The lowest BCUT2D eigenvalue weighted by molar-refractivity contribution is -0.177. The van der Waals surface area contributed by atoms with E-state index in [2.05, 4.69) is 0 Å². The van der Waals surface area contributed by atoms with Gasteiger partial charge in [0.2, 0.25) is 35.6 Å². The van der Waals surface area contributed by atoms with Crippen LogP contribution in [0, 0.1) is 44.8 Å². The Morgan fingerprint density at radius 3 is 1.09 bits per heavy atom. The summed E-state index contributed by atoms with van der Waals surface area (Å²) in [6, 6.07) is 0. The standard InChI is InChI=1S/C12H20O4.3C11H18O4.2C10H16O4/c1-6-11(2,3)10(14)16-8-9(13)15-7-12(8,4)5;1-5-10(2,3)8(12)15-11(4)6-7-14-9(11)13;1-5-11(3,4)10(13)15-8-6-7(2)14-9(8)12;1-5-7(2)9(12)15-8-10(13)14-6-11(8,3)4;1-4-7(2)8(11)14-10(3)5-6-13-9(10)12;1-4-6(2)9(11)14-8-5-7(3)13-10(8)12/h8H,6-7H2,1-5H3;5-7H2,1-4H3;2*7-8H,5-6H2,1-4H3;7H,4-6H2,1-3H3;6-8H,4-5H2,1-3H3. The van der Waals surface area contributed by atoms with Gasteiger partial charge >= 0.3 is 71.6 Å². The molecular weight excluding hydrogens is 1160 g/mol. The maximum Gasteiger partial charge on any atom is 0.350 e. The number of hydrogen-bond acceptors (Lipinski definition) is 24. The third kappa shape index (κ3) is 24.1. The van der Waals surface area contributed by atoms with E-state index in [9.17, 15) is 57.5 Å². The average Bonchev–Trinajstić information content (AvgIpc) is 4.27. The summed E-state index contributed by atoms with van der Waals surface area (Å²) in [5.74, 6) is -5.07. The van der Waals surface area contributed by atoms with Gasteiger partial charge in [0.1, 0.15) is 25.4 Å². The summed E-state index contributed by atoms with van der Waals surface area (Å²) in [7, 11) is 0. The second-order valence-corrected chi connectivity index (χ2v) is 27.3. The number of esters is 12. The van der Waals surface area contributed by atoms with E-state index < -0.39 is 98.5 Å². The van der Waals surface area contributed by atoms with Crippen molar-refractivity contribution in [2.24, 2.45) is 44.8 Å². The summed E-state index contributed by atoms with van der Waals surface area (Å²) in [5.41, 5.74) is -4.63. The molecule has 0 N–H and O–H groups in total. The number of carbonyl (C=O) groups excluding carboxylic acids is 12. The second-order valence-electron chi connectivity index (χ2n) is 27.3. The highest BCUT2D eigenvalue weighted by atomic mass is 16.6. The maximum absolute atomic E-state index is 11.9. The summed E-state index contributed by atoms with van der Waals surface area (Å²) >= 11 is 0. The normalized spacial score (nSPS) is 26.5. The number of ether oxygens (including phenoxy) is 12. The predicted octanol–water partition coefficient (Wildman–Crippen LogP) is 9.35. The molecule has 0 bridgehead atoms. The molecule has 0 amide bonds. The molecular formula is C65H106O24. The van der Waals surface area contributed by atoms with Crippen LogP contribution < -0.4 is 0 Å². The van der Waals surface area contributed by atoms with Crippen molar-refractivity contribution in [1.82, 2.24) is 0 Å². The van der Waals surface area contributed by atoms with Crippen LogP contribution in [0.1, 0.15) is 223 Å². The first-order chi connectivity index (χ1) is 40.8. The van der Waals surface area contributed by atoms with E-state index in [1.54, 1.807) is 76.2 Å². The first-order valence-electron chi connectivity index (χ1n) is 31.2. The average molecular weight is 1270 g/mol. The number of carbonyl (C=O) groups is 12. The van der Waals surface area contributed by atoms with Gasteiger partial charge in [0.15, 0.2) is 0 Å². The first kappa shape index (κ1) is 80.7. The molecule has 24 nitrogen and oxygen atoms in total. The molecule has 6 aliphatic rings. The van der Waals surface area contributed by atoms with Crippen molar-refractivity contribution < 1.29 is 114 Å². The van der Waals surface area contributed by atoms with Gasteiger partial charge in [-0.3, -0.25) is 28.8 Å². The Kier molecular flexibility index (Phi) is 31.0. The van der Waals surface area contributed by atoms with E-state index >= 15 is 0 Å². The van der Waals surface area contributed by atoms with Gasteiger partial charge in [0.05, 0.1) is 47.2 Å². The molecule has 0 spiro atoms. The zero-order valence-electron chi connectivity index (χ0n) is 57.4. The number of hydrogen-bond donors (Lipinski definition) is 0. The third-order valence-corrected chi connectivity index (χ3v) is 16.7. The van der Waals surface area contributed by atoms with Crippen molar-refractivity contribution in [1.29, 1.82) is 0 Å². The second kappa shape index (κ2) is 34.2. The predicted molar refractivity (Wildman–Crippen MR) is 320 cm³/mol. The zero-order valence-corrected chi connectivity index (χ0v) is 57.4. The highest BCUT2D eigenvalue weighted by Crippen LogP contribution is 2.35. The van der Waals surface area contributed by atoms with Crippen LogP contribution in [-0.2, 0) is 114 Å². The summed E-state index contributed by atoms with van der Waals surface area (Å²) in [5, 5.41) is 0. The highest BCUT2D eigenvalue weighted by molar-refractivity contribution is 5.87. The minimum atomic E-state index is -1.08. The molecule has 24 heteroatoms. The quantitative estimate of drug-likeness (QED) is 0.0910. The SMILES string of the molecule is CCC(C)(C)C(=O)OC1(C)CCOC1=O.CCC(C)(C)C(=O)OC1C(=O)OCC1(C)C.CCC(C)(C)C(=O)OC1CC(C)OC1=O.CCC(C)C(=O)OC1(C)CCOC1=O.CCC(C)C(=O)OC1C(=O)OCC1(C)C.CCC(C)C(=O)OC1CC(C)OC1=O. The third-order valence-electron chi connectivity index (χ3n) is 16.7. The fraction of sp³-hybridized carbons (Fsp3) is 0.815. The van der Waals surface area contributed by atoms with Gasteiger partial charge in [0.25, 0.3) is 0 Å². The van der Waals surface area contributed by atoms with E-state index in [1.807, 2.05) is 83.1 Å². The smallest absolute Gasteiger partial charge is 0.350 e. The molecule has 510 valence electrons. The van der Waals surface area contributed by atoms with Gasteiger partial charge in [-0.2, -0.15) is 0 Å². The summed E-state index contributed by atoms with van der Waals surface area (Å²) in [6.07, 6.45) is 2.79. The van der Waals surface area contributed by atoms with E-state index in [1.165, 1.54) is 0 Å². The van der Waals surface area contributed by atoms with Gasteiger partial charge in [-0.1, -0.05) is 90.0 Å². The van der Waals surface area contributed by atoms with Gasteiger partial charge in [-0.15, -0.1) is 0 Å². The Labute approximate surface area is 526 Å². The molecule has 0 saturated carbocycles. The van der Waals surface area contributed by atoms with Crippen LogP contribution in [-0.4, -0.2) is 146 Å². The molecule has 0 radical (unpaired) electrons. The molecule has 0 aliphatic carbocycles. The molecule has 11 atom stereocenters. The van der Waals surface area contributed by atoms with Gasteiger partial charge in [-0.25, -0.2) is 28.8 Å². The topological polar surface area (TPSA) is 316 Å². The van der Waals surface area contributed by atoms with E-state index in [0.717, 1.165) is 6.42 Å². The molecule has 0 aromatic heterocycles. The molecule has 0 aromatic carbocycles. The molecule has 6 fully saturated rings. The minimum Gasteiger partial charge on any atom is -0.463 e. The molecule has 6 saturated heterocycles. The van der Waals surface area contributed by atoms with Crippen LogP contribution >= 0.6 is 0 Å². The van der Waals surface area contributed by atoms with E-state index in [4.69, 9.17) is 56.8 Å². The van der Waals surface area contributed by atoms with Crippen molar-refractivity contribution in [2.75, 3.05) is 26.4 Å². The van der Waals surface area contributed by atoms with Crippen molar-refractivity contribution in [3.63, 3.8) is 0 Å². The van der Waals surface area contributed by atoms with Crippen molar-refractivity contribution >= 4 is 71.6 Å². The summed E-state index contributed by atoms with van der Waals surface area (Å²) in [4.78, 5) is 137. The molecule has 6 rings (SSSR count). The van der Waals surface area contributed by atoms with Crippen LogP contribution in [0.25, 0.3) is 0 Å². The summed E-state index contributed by atoms with van der Waals surface area (Å²) in [6.45, 7) is 43.1. The Morgan fingerprint density at radius 2 is 0.775 bits per heavy atom. The fourth-order valence-corrected chi connectivity index (χ4v) is 7.52. The van der Waals surface area contributed by atoms with Gasteiger partial charge in [-0.05, 0) is 108 Å². The van der Waals surface area contributed by atoms with Gasteiger partial charge in [0, 0.05) is 36.5 Å². The number of rotatable bonds is 18. The largest absolute Gasteiger partial charge is 0.463 e. The maximum atomic E-state index is 11.9. The van der Waals surface area contributed by atoms with Gasteiger partial charge < -0.3 is 56.8 Å². The van der Waals surface area contributed by atoms with E-state index in [0.29, 0.717) is 84.2 Å². The van der Waals surface area contributed by atoms with E-state index in [-0.39, 0.29) is 65.8 Å².